The molecule has 0 amide bonds. The Bertz CT molecular complexity index is 564. The summed E-state index contributed by atoms with van der Waals surface area (Å²) < 4.78 is 43.3. The van der Waals surface area contributed by atoms with Crippen LogP contribution in [0.15, 0.2) is 29.3 Å². The summed E-state index contributed by atoms with van der Waals surface area (Å²) in [6.07, 6.45) is -4.03. The summed E-state index contributed by atoms with van der Waals surface area (Å²) in [5.74, 6) is 0.850. The normalized spacial score (nSPS) is 18.8. The van der Waals surface area contributed by atoms with Crippen LogP contribution >= 0.6 is 0 Å². The molecule has 24 heavy (non-hydrogen) atoms. The Balaban J connectivity index is 1.88. The molecule has 0 radical (unpaired) electrons. The monoisotopic (exact) mass is 345 g/mol. The van der Waals surface area contributed by atoms with Gasteiger partial charge in [0.1, 0.15) is 12.4 Å². The molecule has 0 bridgehead atoms. The number of nitrogens with one attached hydrogen (secondary N) is 1. The van der Waals surface area contributed by atoms with E-state index >= 15 is 0 Å². The molecule has 0 aliphatic carbocycles. The van der Waals surface area contributed by atoms with Gasteiger partial charge in [-0.2, -0.15) is 13.2 Å². The third-order valence-corrected chi connectivity index (χ3v) is 3.58. The smallest absolute Gasteiger partial charge is 0.416 e. The predicted molar refractivity (Wildman–Crippen MR) is 85.1 cm³/mol. The van der Waals surface area contributed by atoms with Gasteiger partial charge in [-0.25, -0.2) is 4.99 Å². The fourth-order valence-electron chi connectivity index (χ4n) is 2.44. The number of aliphatic hydroxyl groups excluding tert-OH is 1. The highest BCUT2D eigenvalue weighted by molar-refractivity contribution is 5.80. The first-order chi connectivity index (χ1) is 11.4. The summed E-state index contributed by atoms with van der Waals surface area (Å²) in [4.78, 5) is 6.35. The highest BCUT2D eigenvalue weighted by Crippen LogP contribution is 2.31. The number of halogens is 3. The molecule has 5 nitrogen and oxygen atoms in total. The quantitative estimate of drug-likeness (QED) is 0.488. The molecule has 1 saturated heterocycles. The van der Waals surface area contributed by atoms with Gasteiger partial charge in [-0.15, -0.1) is 0 Å². The first-order valence-electron chi connectivity index (χ1n) is 7.91. The van der Waals surface area contributed by atoms with Crippen LogP contribution in [0.4, 0.5) is 13.2 Å². The Morgan fingerprint density at radius 1 is 1.46 bits per heavy atom. The zero-order chi connectivity index (χ0) is 17.6. The van der Waals surface area contributed by atoms with Crippen LogP contribution in [0.3, 0.4) is 0 Å². The molecule has 0 spiro atoms. The molecular formula is C16H22F3N3O2. The molecule has 8 heteroatoms. The molecule has 134 valence electrons. The number of aliphatic hydroxyl groups is 1. The number of hydrogen-bond acceptors (Lipinski definition) is 3. The molecule has 1 aliphatic rings. The van der Waals surface area contributed by atoms with Crippen LogP contribution in [0.25, 0.3) is 0 Å². The van der Waals surface area contributed by atoms with Crippen molar-refractivity contribution in [1.29, 1.82) is 0 Å². The van der Waals surface area contributed by atoms with Crippen molar-refractivity contribution in [2.24, 2.45) is 4.99 Å². The van der Waals surface area contributed by atoms with Gasteiger partial charge in [0.05, 0.1) is 18.2 Å². The average Bonchev–Trinajstić information content (AvgIpc) is 2.96. The number of β-amino-alcohol motifs (C(OH)–C–C–N with tert-alkyl or cyclic N) is 1. The molecule has 1 aliphatic heterocycles. The van der Waals surface area contributed by atoms with Crippen LogP contribution in [0.1, 0.15) is 18.9 Å². The molecular weight excluding hydrogens is 323 g/mol. The van der Waals surface area contributed by atoms with Crippen LogP contribution < -0.4 is 10.1 Å². The lowest BCUT2D eigenvalue weighted by molar-refractivity contribution is -0.137. The van der Waals surface area contributed by atoms with Gasteiger partial charge in [0.2, 0.25) is 0 Å². The number of guanidine groups is 1. The number of hydrogen-bond donors (Lipinski definition) is 2. The highest BCUT2D eigenvalue weighted by Gasteiger charge is 2.30. The maximum Gasteiger partial charge on any atom is 0.416 e. The molecule has 1 aromatic carbocycles. The van der Waals surface area contributed by atoms with E-state index in [1.807, 2.05) is 11.8 Å². The Labute approximate surface area is 139 Å². The van der Waals surface area contributed by atoms with Gasteiger partial charge in [0, 0.05) is 19.6 Å². The SMILES string of the molecule is CCNC(=NCCOc1cccc(C(F)(F)F)c1)N1CC[C@@H](O)C1. The van der Waals surface area contributed by atoms with Crippen LogP contribution in [0, 0.1) is 0 Å². The minimum atomic E-state index is -4.38. The molecule has 1 atom stereocenters. The molecule has 0 unspecified atom stereocenters. The van der Waals surface area contributed by atoms with Crippen LogP contribution in [0.5, 0.6) is 5.75 Å². The fraction of sp³-hybridized carbons (Fsp3) is 0.562. The number of likely N-dealkylation sites (tertiary alicyclic amines) is 1. The minimum absolute atomic E-state index is 0.168. The van der Waals surface area contributed by atoms with Gasteiger partial charge < -0.3 is 20.1 Å². The summed E-state index contributed by atoms with van der Waals surface area (Å²) in [6.45, 7) is 4.38. The van der Waals surface area contributed by atoms with Crippen molar-refractivity contribution in [2.75, 3.05) is 32.8 Å². The number of aliphatic imine (C=N–C) groups is 1. The van der Waals surface area contributed by atoms with Crippen LogP contribution in [0.2, 0.25) is 0 Å². The molecule has 2 rings (SSSR count). The maximum atomic E-state index is 12.6. The maximum absolute atomic E-state index is 12.6. The number of benzene rings is 1. The van der Waals surface area contributed by atoms with Crippen molar-refractivity contribution in [1.82, 2.24) is 10.2 Å². The van der Waals surface area contributed by atoms with Gasteiger partial charge in [0.25, 0.3) is 0 Å². The lowest BCUT2D eigenvalue weighted by atomic mass is 10.2. The van der Waals surface area contributed by atoms with Gasteiger partial charge in [-0.05, 0) is 31.5 Å². The topological polar surface area (TPSA) is 57.1 Å². The number of rotatable bonds is 5. The van der Waals surface area contributed by atoms with E-state index in [0.717, 1.165) is 18.7 Å². The van der Waals surface area contributed by atoms with Crippen molar-refractivity contribution < 1.29 is 23.0 Å². The first kappa shape index (κ1) is 18.4. The largest absolute Gasteiger partial charge is 0.492 e. The van der Waals surface area contributed by atoms with E-state index in [4.69, 9.17) is 4.74 Å². The molecule has 0 saturated carbocycles. The van der Waals surface area contributed by atoms with Crippen LogP contribution in [-0.4, -0.2) is 54.9 Å². The van der Waals surface area contributed by atoms with E-state index in [1.54, 1.807) is 0 Å². The van der Waals surface area contributed by atoms with E-state index in [1.165, 1.54) is 12.1 Å². The molecule has 0 aromatic heterocycles. The second-order valence-corrected chi connectivity index (χ2v) is 5.50. The van der Waals surface area contributed by atoms with Crippen molar-refractivity contribution in [3.05, 3.63) is 29.8 Å². The Morgan fingerprint density at radius 3 is 2.88 bits per heavy atom. The highest BCUT2D eigenvalue weighted by atomic mass is 19.4. The van der Waals surface area contributed by atoms with Crippen molar-refractivity contribution in [3.8, 4) is 5.75 Å². The summed E-state index contributed by atoms with van der Waals surface area (Å²) in [6, 6.07) is 4.79. The number of ether oxygens (including phenoxy) is 1. The molecule has 1 aromatic rings. The Kier molecular flexibility index (Phi) is 6.30. The molecule has 1 heterocycles. The standard InChI is InChI=1S/C16H22F3N3O2/c1-2-20-15(22-8-6-13(23)11-22)21-7-9-24-14-5-3-4-12(10-14)16(17,18)19/h3-5,10,13,23H,2,6-9,11H2,1H3,(H,20,21)/t13-/m1/s1. The van der Waals surface area contributed by atoms with Gasteiger partial charge in [-0.1, -0.05) is 6.07 Å². The molecule has 1 fully saturated rings. The zero-order valence-electron chi connectivity index (χ0n) is 13.5. The first-order valence-corrected chi connectivity index (χ1v) is 7.91. The Morgan fingerprint density at radius 2 is 2.25 bits per heavy atom. The van der Waals surface area contributed by atoms with Crippen molar-refractivity contribution >= 4 is 5.96 Å². The van der Waals surface area contributed by atoms with E-state index in [-0.39, 0.29) is 18.5 Å². The summed E-state index contributed by atoms with van der Waals surface area (Å²) in [5, 5.41) is 12.7. The van der Waals surface area contributed by atoms with Crippen molar-refractivity contribution in [2.45, 2.75) is 25.6 Å². The Hall–Kier alpha value is -1.96. The van der Waals surface area contributed by atoms with Gasteiger partial charge in [-0.3, -0.25) is 0 Å². The van der Waals surface area contributed by atoms with Crippen molar-refractivity contribution in [3.63, 3.8) is 0 Å². The summed E-state index contributed by atoms with van der Waals surface area (Å²) in [7, 11) is 0. The number of nitrogens with zero attached hydrogens (tertiary/aromatic N) is 2. The number of alkyl halides is 3. The fourth-order valence-corrected chi connectivity index (χ4v) is 2.44. The second-order valence-electron chi connectivity index (χ2n) is 5.50. The van der Waals surface area contributed by atoms with E-state index in [2.05, 4.69) is 10.3 Å². The van der Waals surface area contributed by atoms with E-state index in [0.29, 0.717) is 32.0 Å². The van der Waals surface area contributed by atoms with Gasteiger partial charge >= 0.3 is 6.18 Å². The van der Waals surface area contributed by atoms with Gasteiger partial charge in [0.15, 0.2) is 5.96 Å². The van der Waals surface area contributed by atoms with E-state index in [9.17, 15) is 18.3 Å². The third kappa shape index (κ3) is 5.30. The zero-order valence-corrected chi connectivity index (χ0v) is 13.5. The van der Waals surface area contributed by atoms with Crippen LogP contribution in [-0.2, 0) is 6.18 Å². The summed E-state index contributed by atoms with van der Waals surface area (Å²) >= 11 is 0. The minimum Gasteiger partial charge on any atom is -0.492 e. The third-order valence-electron chi connectivity index (χ3n) is 3.58. The predicted octanol–water partition coefficient (Wildman–Crippen LogP) is 2.12. The lowest BCUT2D eigenvalue weighted by Gasteiger charge is -2.20. The summed E-state index contributed by atoms with van der Waals surface area (Å²) in [5.41, 5.74) is -0.733. The molecule has 2 N–H and O–H groups in total. The average molecular weight is 345 g/mol. The lowest BCUT2D eigenvalue weighted by Crippen LogP contribution is -2.40. The van der Waals surface area contributed by atoms with E-state index < -0.39 is 11.7 Å². The second kappa shape index (κ2) is 8.23.